The lowest BCUT2D eigenvalue weighted by atomic mass is 9.96. The molecule has 4 rings (SSSR count). The van der Waals surface area contributed by atoms with Crippen molar-refractivity contribution in [2.45, 2.75) is 13.0 Å². The summed E-state index contributed by atoms with van der Waals surface area (Å²) >= 11 is 0. The lowest BCUT2D eigenvalue weighted by Gasteiger charge is -2.26. The fourth-order valence-electron chi connectivity index (χ4n) is 3.45. The summed E-state index contributed by atoms with van der Waals surface area (Å²) < 4.78 is 0. The monoisotopic (exact) mass is 317 g/mol. The molecule has 2 aliphatic rings. The molecular formula is C20H19N3O. The molecule has 0 radical (unpaired) electrons. The van der Waals surface area contributed by atoms with E-state index in [4.69, 9.17) is 0 Å². The van der Waals surface area contributed by atoms with Crippen molar-refractivity contribution in [3.8, 4) is 0 Å². The fraction of sp³-hybridized carbons (Fsp3) is 0.200. The van der Waals surface area contributed by atoms with Gasteiger partial charge in [-0.2, -0.15) is 0 Å². The second kappa shape index (κ2) is 5.96. The minimum Gasteiger partial charge on any atom is -0.386 e. The van der Waals surface area contributed by atoms with Crippen LogP contribution in [0.2, 0.25) is 0 Å². The Balaban J connectivity index is 1.94. The number of nitrogens with zero attached hydrogens (tertiary/aromatic N) is 2. The number of rotatable bonds is 2. The van der Waals surface area contributed by atoms with Gasteiger partial charge in [-0.15, -0.1) is 0 Å². The first-order valence-corrected chi connectivity index (χ1v) is 8.20. The van der Waals surface area contributed by atoms with E-state index in [9.17, 15) is 4.79 Å². The van der Waals surface area contributed by atoms with E-state index in [2.05, 4.69) is 22.4 Å². The van der Waals surface area contributed by atoms with Gasteiger partial charge in [-0.3, -0.25) is 14.7 Å². The molecule has 0 saturated carbocycles. The Morgan fingerprint density at radius 2 is 1.71 bits per heavy atom. The van der Waals surface area contributed by atoms with Gasteiger partial charge in [0, 0.05) is 23.5 Å². The van der Waals surface area contributed by atoms with Crippen molar-refractivity contribution in [2.24, 2.45) is 4.99 Å². The highest BCUT2D eigenvalue weighted by molar-refractivity contribution is 6.53. The second-order valence-corrected chi connectivity index (χ2v) is 6.02. The van der Waals surface area contributed by atoms with Crippen molar-refractivity contribution in [3.63, 3.8) is 0 Å². The van der Waals surface area contributed by atoms with Crippen LogP contribution in [-0.2, 0) is 4.79 Å². The third-order valence-corrected chi connectivity index (χ3v) is 4.53. The van der Waals surface area contributed by atoms with Crippen LogP contribution >= 0.6 is 0 Å². The normalized spacial score (nSPS) is 20.4. The van der Waals surface area contributed by atoms with E-state index in [1.54, 1.807) is 0 Å². The maximum absolute atomic E-state index is 13.2. The van der Waals surface area contributed by atoms with Gasteiger partial charge in [0.15, 0.2) is 0 Å². The Labute approximate surface area is 141 Å². The number of para-hydroxylation sites is 1. The number of amides is 1. The van der Waals surface area contributed by atoms with E-state index in [1.165, 1.54) is 0 Å². The topological polar surface area (TPSA) is 44.7 Å². The first-order chi connectivity index (χ1) is 11.8. The molecule has 1 amide bonds. The van der Waals surface area contributed by atoms with E-state index >= 15 is 0 Å². The highest BCUT2D eigenvalue weighted by Gasteiger charge is 2.44. The third kappa shape index (κ3) is 2.31. The summed E-state index contributed by atoms with van der Waals surface area (Å²) in [5.74, 6) is -0.0203. The maximum Gasteiger partial charge on any atom is 0.277 e. The van der Waals surface area contributed by atoms with Gasteiger partial charge in [-0.1, -0.05) is 48.5 Å². The molecular weight excluding hydrogens is 298 g/mol. The number of hydrogen-bond acceptors (Lipinski definition) is 3. The van der Waals surface area contributed by atoms with E-state index in [1.807, 2.05) is 60.4 Å². The number of anilines is 1. The number of carbonyl (C=O) groups is 1. The van der Waals surface area contributed by atoms with Gasteiger partial charge in [0.2, 0.25) is 0 Å². The number of fused-ring (bicyclic) bond motifs is 1. The first-order valence-electron chi connectivity index (χ1n) is 8.20. The Hall–Kier alpha value is -2.88. The minimum absolute atomic E-state index is 0.0203. The van der Waals surface area contributed by atoms with E-state index in [0.29, 0.717) is 12.3 Å². The average molecular weight is 317 g/mol. The molecule has 120 valence electrons. The Kier molecular flexibility index (Phi) is 3.65. The molecule has 4 nitrogen and oxygen atoms in total. The van der Waals surface area contributed by atoms with Gasteiger partial charge in [0.1, 0.15) is 5.71 Å². The number of benzene rings is 2. The van der Waals surface area contributed by atoms with Gasteiger partial charge in [-0.25, -0.2) is 0 Å². The number of hydrogen-bond donors (Lipinski definition) is 1. The van der Waals surface area contributed by atoms with Crippen LogP contribution in [0.5, 0.6) is 0 Å². The molecule has 2 aromatic carbocycles. The quantitative estimate of drug-likeness (QED) is 0.925. The predicted octanol–water partition coefficient (Wildman–Crippen LogP) is 3.09. The molecule has 0 aromatic heterocycles. The number of allylic oxidation sites excluding steroid dienone is 1. The molecule has 1 atom stereocenters. The predicted molar refractivity (Wildman–Crippen MR) is 96.1 cm³/mol. The van der Waals surface area contributed by atoms with Crippen molar-refractivity contribution in [3.05, 3.63) is 77.5 Å². The zero-order valence-electron chi connectivity index (χ0n) is 13.6. The molecule has 4 heteroatoms. The molecule has 2 aromatic rings. The summed E-state index contributed by atoms with van der Waals surface area (Å²) in [5, 5.41) is 3.39. The second-order valence-electron chi connectivity index (χ2n) is 6.02. The number of nitrogens with one attached hydrogen (secondary N) is 1. The van der Waals surface area contributed by atoms with Gasteiger partial charge in [0.05, 0.1) is 12.6 Å². The fourth-order valence-corrected chi connectivity index (χ4v) is 3.45. The maximum atomic E-state index is 13.2. The molecule has 1 saturated heterocycles. The van der Waals surface area contributed by atoms with Gasteiger partial charge < -0.3 is 5.32 Å². The van der Waals surface area contributed by atoms with E-state index < -0.39 is 0 Å². The number of aliphatic imine (C=N–C) groups is 1. The molecule has 2 heterocycles. The van der Waals surface area contributed by atoms with Crippen LogP contribution in [0.4, 0.5) is 5.69 Å². The van der Waals surface area contributed by atoms with Gasteiger partial charge >= 0.3 is 0 Å². The molecule has 0 bridgehead atoms. The highest BCUT2D eigenvalue weighted by Crippen LogP contribution is 2.41. The van der Waals surface area contributed by atoms with Gasteiger partial charge in [0.25, 0.3) is 5.91 Å². The van der Waals surface area contributed by atoms with Crippen molar-refractivity contribution in [2.75, 3.05) is 18.0 Å². The average Bonchev–Trinajstić information content (AvgIpc) is 2.78. The van der Waals surface area contributed by atoms with E-state index in [-0.39, 0.29) is 11.9 Å². The van der Waals surface area contributed by atoms with Crippen LogP contribution in [0.15, 0.2) is 76.9 Å². The molecule has 0 spiro atoms. The summed E-state index contributed by atoms with van der Waals surface area (Å²) in [6.45, 7) is 3.42. The SMILES string of the molecule is CC1=C2C(=NCCN1)C(=O)N(c1ccccc1)[C@@H]2c1ccccc1. The molecule has 1 N–H and O–H groups in total. The zero-order chi connectivity index (χ0) is 16.5. The van der Waals surface area contributed by atoms with Crippen LogP contribution in [0.3, 0.4) is 0 Å². The first kappa shape index (κ1) is 14.7. The Bertz CT molecular complexity index is 824. The standard InChI is InChI=1S/C20H19N3O/c1-14-17-18(22-13-12-21-14)20(24)23(16-10-6-3-7-11-16)19(17)15-8-4-2-5-9-15/h2-11,19,21H,12-13H2,1H3/t19-/m1/s1. The minimum atomic E-state index is -0.148. The largest absolute Gasteiger partial charge is 0.386 e. The van der Waals surface area contributed by atoms with Crippen LogP contribution in [0.25, 0.3) is 0 Å². The summed E-state index contributed by atoms with van der Waals surface area (Å²) in [7, 11) is 0. The van der Waals surface area contributed by atoms with Crippen molar-refractivity contribution >= 4 is 17.3 Å². The van der Waals surface area contributed by atoms with Crippen molar-refractivity contribution in [1.82, 2.24) is 5.32 Å². The molecule has 0 unspecified atom stereocenters. The zero-order valence-corrected chi connectivity index (χ0v) is 13.6. The number of carbonyl (C=O) groups excluding carboxylic acids is 1. The van der Waals surface area contributed by atoms with Crippen LogP contribution < -0.4 is 10.2 Å². The summed E-state index contributed by atoms with van der Waals surface area (Å²) in [6.07, 6.45) is 0. The van der Waals surface area contributed by atoms with Crippen molar-refractivity contribution in [1.29, 1.82) is 0 Å². The lowest BCUT2D eigenvalue weighted by molar-refractivity contribution is -0.112. The summed E-state index contributed by atoms with van der Waals surface area (Å²) in [5.41, 5.74) is 4.61. The molecule has 0 aliphatic carbocycles. The molecule has 1 fully saturated rings. The van der Waals surface area contributed by atoms with Gasteiger partial charge in [-0.05, 0) is 24.6 Å². The van der Waals surface area contributed by atoms with Crippen LogP contribution in [-0.4, -0.2) is 24.7 Å². The summed E-state index contributed by atoms with van der Waals surface area (Å²) in [4.78, 5) is 19.6. The highest BCUT2D eigenvalue weighted by atomic mass is 16.2. The third-order valence-electron chi connectivity index (χ3n) is 4.53. The lowest BCUT2D eigenvalue weighted by Crippen LogP contribution is -2.30. The van der Waals surface area contributed by atoms with Crippen LogP contribution in [0.1, 0.15) is 18.5 Å². The summed E-state index contributed by atoms with van der Waals surface area (Å²) in [6, 6.07) is 19.8. The smallest absolute Gasteiger partial charge is 0.277 e. The molecule has 2 aliphatic heterocycles. The van der Waals surface area contributed by atoms with Crippen molar-refractivity contribution < 1.29 is 4.79 Å². The van der Waals surface area contributed by atoms with Crippen LogP contribution in [0, 0.1) is 0 Å². The van der Waals surface area contributed by atoms with E-state index in [0.717, 1.165) is 29.1 Å². The molecule has 24 heavy (non-hydrogen) atoms. The Morgan fingerprint density at radius 3 is 2.42 bits per heavy atom. The Morgan fingerprint density at radius 1 is 1.04 bits per heavy atom.